The summed E-state index contributed by atoms with van der Waals surface area (Å²) in [6, 6.07) is 9.58. The zero-order chi connectivity index (χ0) is 19.6. The van der Waals surface area contributed by atoms with Crippen LogP contribution in [-0.2, 0) is 14.8 Å². The Labute approximate surface area is 155 Å². The fourth-order valence-electron chi connectivity index (χ4n) is 2.91. The third-order valence-corrected chi connectivity index (χ3v) is 5.58. The van der Waals surface area contributed by atoms with Crippen molar-refractivity contribution in [2.24, 2.45) is 0 Å². The molecule has 1 fully saturated rings. The van der Waals surface area contributed by atoms with Gasteiger partial charge in [-0.3, -0.25) is 19.6 Å². The minimum atomic E-state index is -4.18. The minimum absolute atomic E-state index is 0.0264. The summed E-state index contributed by atoms with van der Waals surface area (Å²) in [5.41, 5.74) is 0.199. The summed E-state index contributed by atoms with van der Waals surface area (Å²) in [4.78, 5) is 23.4. The van der Waals surface area contributed by atoms with E-state index in [1.165, 1.54) is 31.4 Å². The predicted octanol–water partition coefficient (Wildman–Crippen LogP) is 2.53. The number of nitrogens with one attached hydrogen (secondary N) is 1. The van der Waals surface area contributed by atoms with Crippen LogP contribution in [0.2, 0.25) is 0 Å². The average molecular weight is 391 g/mol. The SMILES string of the molecule is COc1cc(NS(=O)(=O)c2ccccc2[N+](=O)[O-])ccc1N1CCCC1=O. The van der Waals surface area contributed by atoms with Crippen LogP contribution in [0.3, 0.4) is 0 Å². The molecule has 3 rings (SSSR count). The van der Waals surface area contributed by atoms with Crippen molar-refractivity contribution < 1.29 is 22.9 Å². The third kappa shape index (κ3) is 3.70. The van der Waals surface area contributed by atoms with Gasteiger partial charge in [-0.05, 0) is 24.6 Å². The highest BCUT2D eigenvalue weighted by atomic mass is 32.2. The van der Waals surface area contributed by atoms with Crippen molar-refractivity contribution in [3.05, 3.63) is 52.6 Å². The van der Waals surface area contributed by atoms with Crippen LogP contribution in [0, 0.1) is 10.1 Å². The van der Waals surface area contributed by atoms with Crippen molar-refractivity contribution in [1.82, 2.24) is 0 Å². The normalized spacial score (nSPS) is 14.3. The molecule has 1 heterocycles. The van der Waals surface area contributed by atoms with Crippen LogP contribution >= 0.6 is 0 Å². The van der Waals surface area contributed by atoms with Gasteiger partial charge in [-0.25, -0.2) is 8.42 Å². The van der Waals surface area contributed by atoms with Gasteiger partial charge in [0.1, 0.15) is 5.75 Å². The summed E-state index contributed by atoms with van der Waals surface area (Å²) in [6.45, 7) is 0.566. The lowest BCUT2D eigenvalue weighted by Gasteiger charge is -2.20. The Kier molecular flexibility index (Phi) is 5.00. The molecule has 9 nitrogen and oxygen atoms in total. The summed E-state index contributed by atoms with van der Waals surface area (Å²) >= 11 is 0. The first-order valence-electron chi connectivity index (χ1n) is 8.08. The Hall–Kier alpha value is -3.14. The van der Waals surface area contributed by atoms with Gasteiger partial charge < -0.3 is 9.64 Å². The zero-order valence-corrected chi connectivity index (χ0v) is 15.2. The molecule has 27 heavy (non-hydrogen) atoms. The van der Waals surface area contributed by atoms with Gasteiger partial charge in [0.25, 0.3) is 15.7 Å². The smallest absolute Gasteiger partial charge is 0.289 e. The molecule has 1 aliphatic heterocycles. The van der Waals surface area contributed by atoms with E-state index in [2.05, 4.69) is 4.72 Å². The van der Waals surface area contributed by atoms with Crippen molar-refractivity contribution in [2.45, 2.75) is 17.7 Å². The Morgan fingerprint density at radius 2 is 1.96 bits per heavy atom. The highest BCUT2D eigenvalue weighted by Crippen LogP contribution is 2.35. The maximum Gasteiger partial charge on any atom is 0.289 e. The lowest BCUT2D eigenvalue weighted by atomic mass is 10.2. The van der Waals surface area contributed by atoms with E-state index in [4.69, 9.17) is 4.74 Å². The number of carbonyl (C=O) groups is 1. The molecule has 0 bridgehead atoms. The van der Waals surface area contributed by atoms with Crippen LogP contribution in [0.1, 0.15) is 12.8 Å². The second-order valence-corrected chi connectivity index (χ2v) is 7.52. The van der Waals surface area contributed by atoms with Crippen LogP contribution < -0.4 is 14.4 Å². The van der Waals surface area contributed by atoms with Gasteiger partial charge in [0.2, 0.25) is 5.91 Å². The van der Waals surface area contributed by atoms with Crippen molar-refractivity contribution in [1.29, 1.82) is 0 Å². The van der Waals surface area contributed by atoms with Crippen molar-refractivity contribution in [3.8, 4) is 5.75 Å². The van der Waals surface area contributed by atoms with Crippen molar-refractivity contribution >= 4 is 33.0 Å². The largest absolute Gasteiger partial charge is 0.494 e. The Morgan fingerprint density at radius 1 is 1.22 bits per heavy atom. The van der Waals surface area contributed by atoms with E-state index in [0.29, 0.717) is 24.4 Å². The molecule has 0 saturated carbocycles. The number of methoxy groups -OCH3 is 1. The molecular formula is C17H17N3O6S. The van der Waals surface area contributed by atoms with Gasteiger partial charge in [0.05, 0.1) is 23.4 Å². The number of rotatable bonds is 6. The summed E-state index contributed by atoms with van der Waals surface area (Å²) in [5.74, 6) is 0.301. The summed E-state index contributed by atoms with van der Waals surface area (Å²) in [5, 5.41) is 11.1. The number of hydrogen-bond acceptors (Lipinski definition) is 6. The molecule has 1 saturated heterocycles. The van der Waals surface area contributed by atoms with E-state index in [9.17, 15) is 23.3 Å². The molecule has 0 aromatic heterocycles. The topological polar surface area (TPSA) is 119 Å². The van der Waals surface area contributed by atoms with Gasteiger partial charge in [-0.1, -0.05) is 12.1 Å². The number of carbonyl (C=O) groups excluding carboxylic acids is 1. The monoisotopic (exact) mass is 391 g/mol. The Morgan fingerprint density at radius 3 is 2.59 bits per heavy atom. The number of nitro groups is 1. The van der Waals surface area contributed by atoms with E-state index >= 15 is 0 Å². The zero-order valence-electron chi connectivity index (χ0n) is 14.4. The lowest BCUT2D eigenvalue weighted by Crippen LogP contribution is -2.24. The molecule has 0 unspecified atom stereocenters. The molecule has 2 aromatic rings. The number of nitro benzene ring substituents is 1. The molecule has 142 valence electrons. The molecular weight excluding hydrogens is 374 g/mol. The van der Waals surface area contributed by atoms with Gasteiger partial charge in [0, 0.05) is 25.1 Å². The van der Waals surface area contributed by atoms with Crippen LogP contribution in [-0.4, -0.2) is 32.9 Å². The quantitative estimate of drug-likeness (QED) is 0.597. The Bertz CT molecular complexity index is 1010. The first-order valence-corrected chi connectivity index (χ1v) is 9.56. The van der Waals surface area contributed by atoms with Crippen molar-refractivity contribution in [2.75, 3.05) is 23.3 Å². The van der Waals surface area contributed by atoms with Crippen LogP contribution in [0.4, 0.5) is 17.1 Å². The van der Waals surface area contributed by atoms with Gasteiger partial charge in [-0.15, -0.1) is 0 Å². The van der Waals surface area contributed by atoms with E-state index in [1.54, 1.807) is 11.0 Å². The average Bonchev–Trinajstić information content (AvgIpc) is 3.07. The number of para-hydroxylation sites is 1. The number of hydrogen-bond donors (Lipinski definition) is 1. The number of anilines is 2. The van der Waals surface area contributed by atoms with E-state index in [0.717, 1.165) is 18.6 Å². The number of benzene rings is 2. The Balaban J connectivity index is 1.94. The van der Waals surface area contributed by atoms with E-state index in [-0.39, 0.29) is 11.6 Å². The van der Waals surface area contributed by atoms with E-state index in [1.807, 2.05) is 0 Å². The van der Waals surface area contributed by atoms with Crippen molar-refractivity contribution in [3.63, 3.8) is 0 Å². The maximum atomic E-state index is 12.6. The minimum Gasteiger partial charge on any atom is -0.494 e. The van der Waals surface area contributed by atoms with Gasteiger partial charge in [-0.2, -0.15) is 0 Å². The number of nitrogens with zero attached hydrogens (tertiary/aromatic N) is 2. The lowest BCUT2D eigenvalue weighted by molar-refractivity contribution is -0.387. The fourth-order valence-corrected chi connectivity index (χ4v) is 4.14. The molecule has 0 spiro atoms. The standard InChI is InChI=1S/C17H17N3O6S/c1-26-15-11-12(8-9-13(15)19-10-4-7-17(19)21)18-27(24,25)16-6-3-2-5-14(16)20(22)23/h2-3,5-6,8-9,11,18H,4,7,10H2,1H3. The molecule has 1 aliphatic rings. The molecule has 0 aliphatic carbocycles. The van der Waals surface area contributed by atoms with Crippen LogP contribution in [0.5, 0.6) is 5.75 Å². The second-order valence-electron chi connectivity index (χ2n) is 5.87. The third-order valence-electron chi connectivity index (χ3n) is 4.15. The summed E-state index contributed by atoms with van der Waals surface area (Å²) in [6.07, 6.45) is 1.20. The number of amides is 1. The summed E-state index contributed by atoms with van der Waals surface area (Å²) in [7, 11) is -2.77. The fraction of sp³-hybridized carbons (Fsp3) is 0.235. The predicted molar refractivity (Wildman–Crippen MR) is 98.5 cm³/mol. The first kappa shape index (κ1) is 18.6. The van der Waals surface area contributed by atoms with Crippen LogP contribution in [0.15, 0.2) is 47.4 Å². The molecule has 1 N–H and O–H groups in total. The maximum absolute atomic E-state index is 12.6. The number of sulfonamides is 1. The van der Waals surface area contributed by atoms with Gasteiger partial charge >= 0.3 is 0 Å². The summed E-state index contributed by atoms with van der Waals surface area (Å²) < 4.78 is 32.8. The second kappa shape index (κ2) is 7.23. The number of ether oxygens (including phenoxy) is 1. The molecule has 2 aromatic carbocycles. The molecule has 0 atom stereocenters. The molecule has 10 heteroatoms. The first-order chi connectivity index (χ1) is 12.8. The molecule has 0 radical (unpaired) electrons. The van der Waals surface area contributed by atoms with Crippen LogP contribution in [0.25, 0.3) is 0 Å². The van der Waals surface area contributed by atoms with Gasteiger partial charge in [0.15, 0.2) is 4.90 Å². The molecule has 1 amide bonds. The van der Waals surface area contributed by atoms with E-state index < -0.39 is 25.5 Å². The highest BCUT2D eigenvalue weighted by molar-refractivity contribution is 7.92. The highest BCUT2D eigenvalue weighted by Gasteiger charge is 2.27.